The van der Waals surface area contributed by atoms with Crippen molar-refractivity contribution in [3.63, 3.8) is 0 Å². The maximum atomic E-state index is 5.97. The predicted octanol–water partition coefficient (Wildman–Crippen LogP) is 2.86. The van der Waals surface area contributed by atoms with Crippen LogP contribution in [0.3, 0.4) is 0 Å². The fourth-order valence-corrected chi connectivity index (χ4v) is 3.72. The lowest BCUT2D eigenvalue weighted by atomic mass is 10.1. The monoisotopic (exact) mass is 331 g/mol. The molecule has 4 nitrogen and oxygen atoms in total. The summed E-state index contributed by atoms with van der Waals surface area (Å²) in [6, 6.07) is 9.04. The van der Waals surface area contributed by atoms with Gasteiger partial charge in [0, 0.05) is 19.1 Å². The zero-order chi connectivity index (χ0) is 16.6. The summed E-state index contributed by atoms with van der Waals surface area (Å²) in [4.78, 5) is 5.07. The van der Waals surface area contributed by atoms with E-state index < -0.39 is 0 Å². The molecule has 0 aromatic heterocycles. The number of likely N-dealkylation sites (tertiary alicyclic amines) is 2. The molecule has 24 heavy (non-hydrogen) atoms. The van der Waals surface area contributed by atoms with Crippen LogP contribution in [0, 0.1) is 0 Å². The van der Waals surface area contributed by atoms with Crippen LogP contribution in [0.1, 0.15) is 44.1 Å². The Morgan fingerprint density at radius 2 is 1.62 bits per heavy atom. The van der Waals surface area contributed by atoms with Gasteiger partial charge < -0.3 is 15.4 Å². The summed E-state index contributed by atoms with van der Waals surface area (Å²) >= 11 is 0. The van der Waals surface area contributed by atoms with Crippen molar-refractivity contribution in [2.24, 2.45) is 5.73 Å². The maximum absolute atomic E-state index is 5.97. The van der Waals surface area contributed by atoms with Gasteiger partial charge in [0.25, 0.3) is 0 Å². The standard InChI is InChI=1S/C20H33N3O/c21-19-9-14-23(15-10-19)17-18-5-7-20(8-6-18)24-16-4-13-22-11-2-1-3-12-22/h5-8,19H,1-4,9-17,21H2. The average molecular weight is 332 g/mol. The summed E-state index contributed by atoms with van der Waals surface area (Å²) in [7, 11) is 0. The molecule has 2 fully saturated rings. The van der Waals surface area contributed by atoms with Gasteiger partial charge in [-0.3, -0.25) is 4.90 Å². The van der Waals surface area contributed by atoms with Gasteiger partial charge in [0.15, 0.2) is 0 Å². The van der Waals surface area contributed by atoms with E-state index in [4.69, 9.17) is 10.5 Å². The van der Waals surface area contributed by atoms with E-state index in [1.165, 1.54) is 44.5 Å². The predicted molar refractivity (Wildman–Crippen MR) is 99.3 cm³/mol. The first kappa shape index (κ1) is 17.7. The number of rotatable bonds is 7. The molecule has 0 bridgehead atoms. The highest BCUT2D eigenvalue weighted by molar-refractivity contribution is 5.27. The second-order valence-electron chi connectivity index (χ2n) is 7.36. The summed E-state index contributed by atoms with van der Waals surface area (Å²) in [5, 5.41) is 0. The highest BCUT2D eigenvalue weighted by Crippen LogP contribution is 2.17. The van der Waals surface area contributed by atoms with Gasteiger partial charge in [0.1, 0.15) is 5.75 Å². The summed E-state index contributed by atoms with van der Waals surface area (Å²) < 4.78 is 5.90. The third-order valence-corrected chi connectivity index (χ3v) is 5.30. The maximum Gasteiger partial charge on any atom is 0.119 e. The zero-order valence-electron chi connectivity index (χ0n) is 15.0. The van der Waals surface area contributed by atoms with E-state index in [2.05, 4.69) is 34.1 Å². The lowest BCUT2D eigenvalue weighted by Crippen LogP contribution is -2.39. The molecule has 0 amide bonds. The molecular formula is C20H33N3O. The number of piperidine rings is 2. The Morgan fingerprint density at radius 3 is 2.33 bits per heavy atom. The SMILES string of the molecule is NC1CCN(Cc2ccc(OCCCN3CCCCC3)cc2)CC1. The molecule has 0 unspecified atom stereocenters. The van der Waals surface area contributed by atoms with Crippen LogP contribution in [0.2, 0.25) is 0 Å². The largest absolute Gasteiger partial charge is 0.494 e. The summed E-state index contributed by atoms with van der Waals surface area (Å²) in [6.45, 7) is 7.81. The molecule has 0 spiro atoms. The third-order valence-electron chi connectivity index (χ3n) is 5.30. The Bertz CT molecular complexity index is 462. The van der Waals surface area contributed by atoms with Crippen molar-refractivity contribution in [1.82, 2.24) is 9.80 Å². The highest BCUT2D eigenvalue weighted by atomic mass is 16.5. The van der Waals surface area contributed by atoms with E-state index >= 15 is 0 Å². The average Bonchev–Trinajstić information content (AvgIpc) is 2.63. The molecule has 3 rings (SSSR count). The van der Waals surface area contributed by atoms with Crippen LogP contribution in [-0.2, 0) is 6.54 Å². The molecule has 1 aromatic rings. The van der Waals surface area contributed by atoms with E-state index in [0.29, 0.717) is 6.04 Å². The Morgan fingerprint density at radius 1 is 0.917 bits per heavy atom. The van der Waals surface area contributed by atoms with Crippen molar-refractivity contribution >= 4 is 0 Å². The van der Waals surface area contributed by atoms with E-state index in [9.17, 15) is 0 Å². The minimum Gasteiger partial charge on any atom is -0.494 e. The minimum absolute atomic E-state index is 0.405. The number of benzene rings is 1. The minimum atomic E-state index is 0.405. The summed E-state index contributed by atoms with van der Waals surface area (Å²) in [5.41, 5.74) is 7.34. The van der Waals surface area contributed by atoms with Gasteiger partial charge in [-0.05, 0) is 76.0 Å². The molecule has 4 heteroatoms. The normalized spacial score (nSPS) is 21.0. The first-order valence-corrected chi connectivity index (χ1v) is 9.71. The van der Waals surface area contributed by atoms with Crippen molar-refractivity contribution < 1.29 is 4.74 Å². The molecule has 2 N–H and O–H groups in total. The molecule has 0 aliphatic carbocycles. The summed E-state index contributed by atoms with van der Waals surface area (Å²) in [5.74, 6) is 0.998. The first-order valence-electron chi connectivity index (χ1n) is 9.71. The molecule has 0 atom stereocenters. The number of ether oxygens (including phenoxy) is 1. The molecule has 134 valence electrons. The van der Waals surface area contributed by atoms with Crippen LogP contribution >= 0.6 is 0 Å². The zero-order valence-corrected chi connectivity index (χ0v) is 15.0. The Kier molecular flexibility index (Phi) is 6.94. The van der Waals surface area contributed by atoms with Crippen LogP contribution < -0.4 is 10.5 Å². The van der Waals surface area contributed by atoms with Crippen LogP contribution in [-0.4, -0.2) is 55.2 Å². The van der Waals surface area contributed by atoms with Crippen LogP contribution in [0.15, 0.2) is 24.3 Å². The first-order chi connectivity index (χ1) is 11.8. The molecular weight excluding hydrogens is 298 g/mol. The van der Waals surface area contributed by atoms with Gasteiger partial charge in [-0.1, -0.05) is 18.6 Å². The van der Waals surface area contributed by atoms with Crippen LogP contribution in [0.25, 0.3) is 0 Å². The fourth-order valence-electron chi connectivity index (χ4n) is 3.72. The van der Waals surface area contributed by atoms with Crippen LogP contribution in [0.5, 0.6) is 5.75 Å². The number of nitrogens with two attached hydrogens (primary N) is 1. The Labute approximate surface area is 147 Å². The van der Waals surface area contributed by atoms with Gasteiger partial charge in [0.2, 0.25) is 0 Å². The Balaban J connectivity index is 1.33. The number of hydrogen-bond donors (Lipinski definition) is 1. The van der Waals surface area contributed by atoms with E-state index in [0.717, 1.165) is 51.3 Å². The highest BCUT2D eigenvalue weighted by Gasteiger charge is 2.15. The van der Waals surface area contributed by atoms with Gasteiger partial charge in [-0.15, -0.1) is 0 Å². The van der Waals surface area contributed by atoms with Gasteiger partial charge in [-0.2, -0.15) is 0 Å². The topological polar surface area (TPSA) is 41.7 Å². The van der Waals surface area contributed by atoms with Crippen molar-refractivity contribution in [2.75, 3.05) is 39.3 Å². The lowest BCUT2D eigenvalue weighted by Gasteiger charge is -2.30. The molecule has 2 saturated heterocycles. The van der Waals surface area contributed by atoms with Crippen LogP contribution in [0.4, 0.5) is 0 Å². The van der Waals surface area contributed by atoms with Crippen molar-refractivity contribution in [3.05, 3.63) is 29.8 Å². The molecule has 0 radical (unpaired) electrons. The fraction of sp³-hybridized carbons (Fsp3) is 0.700. The molecule has 0 saturated carbocycles. The second-order valence-corrected chi connectivity index (χ2v) is 7.36. The third kappa shape index (κ3) is 5.76. The number of nitrogens with zero attached hydrogens (tertiary/aromatic N) is 2. The van der Waals surface area contributed by atoms with E-state index in [1.807, 2.05) is 0 Å². The van der Waals surface area contributed by atoms with Crippen molar-refractivity contribution in [1.29, 1.82) is 0 Å². The Hall–Kier alpha value is -1.10. The van der Waals surface area contributed by atoms with Crippen molar-refractivity contribution in [2.45, 2.75) is 51.1 Å². The lowest BCUT2D eigenvalue weighted by molar-refractivity contribution is 0.204. The molecule has 2 aliphatic rings. The smallest absolute Gasteiger partial charge is 0.119 e. The van der Waals surface area contributed by atoms with E-state index in [1.54, 1.807) is 0 Å². The summed E-state index contributed by atoms with van der Waals surface area (Å²) in [6.07, 6.45) is 7.51. The molecule has 2 heterocycles. The van der Waals surface area contributed by atoms with Gasteiger partial charge >= 0.3 is 0 Å². The van der Waals surface area contributed by atoms with E-state index in [-0.39, 0.29) is 0 Å². The number of hydrogen-bond acceptors (Lipinski definition) is 4. The molecule has 1 aromatic carbocycles. The van der Waals surface area contributed by atoms with Crippen molar-refractivity contribution in [3.8, 4) is 5.75 Å². The quantitative estimate of drug-likeness (QED) is 0.780. The van der Waals surface area contributed by atoms with Gasteiger partial charge in [-0.25, -0.2) is 0 Å². The molecule has 2 aliphatic heterocycles. The second kappa shape index (κ2) is 9.40. The van der Waals surface area contributed by atoms with Gasteiger partial charge in [0.05, 0.1) is 6.61 Å².